The summed E-state index contributed by atoms with van der Waals surface area (Å²) < 4.78 is 0. The number of aromatic nitrogens is 1. The fraction of sp³-hybridized carbons (Fsp3) is 0.333. The van der Waals surface area contributed by atoms with Crippen LogP contribution in [0.4, 0.5) is 11.4 Å². The Balaban J connectivity index is 1.65. The highest BCUT2D eigenvalue weighted by molar-refractivity contribution is 6.04. The summed E-state index contributed by atoms with van der Waals surface area (Å²) >= 11 is 0. The van der Waals surface area contributed by atoms with Crippen molar-refractivity contribution < 1.29 is 4.79 Å². The lowest BCUT2D eigenvalue weighted by Gasteiger charge is -2.28. The Morgan fingerprint density at radius 3 is 2.41 bits per heavy atom. The molecule has 0 unspecified atom stereocenters. The fourth-order valence-electron chi connectivity index (χ4n) is 2.71. The second kappa shape index (κ2) is 6.60. The van der Waals surface area contributed by atoms with Crippen LogP contribution in [-0.4, -0.2) is 24.0 Å². The molecule has 1 N–H and O–H groups in total. The molecule has 1 amide bonds. The third-order valence-electron chi connectivity index (χ3n) is 4.02. The summed E-state index contributed by atoms with van der Waals surface area (Å²) in [6.07, 6.45) is 5.46. The van der Waals surface area contributed by atoms with Crippen molar-refractivity contribution in [3.05, 3.63) is 53.9 Å². The van der Waals surface area contributed by atoms with E-state index in [4.69, 9.17) is 0 Å². The Bertz CT molecular complexity index is 628. The summed E-state index contributed by atoms with van der Waals surface area (Å²) in [5.41, 5.74) is 3.52. The van der Waals surface area contributed by atoms with Crippen molar-refractivity contribution in [2.75, 3.05) is 23.3 Å². The molecule has 1 aromatic heterocycles. The van der Waals surface area contributed by atoms with E-state index in [0.29, 0.717) is 5.56 Å². The van der Waals surface area contributed by atoms with E-state index in [9.17, 15) is 4.79 Å². The van der Waals surface area contributed by atoms with Crippen LogP contribution in [0.3, 0.4) is 0 Å². The number of nitrogens with zero attached hydrogens (tertiary/aromatic N) is 2. The predicted octanol–water partition coefficient (Wildman–Crippen LogP) is 3.63. The molecular formula is C18H21N3O. The lowest BCUT2D eigenvalue weighted by molar-refractivity contribution is 0.102. The number of hydrogen-bond acceptors (Lipinski definition) is 3. The second-order valence-electron chi connectivity index (χ2n) is 5.74. The second-order valence-corrected chi connectivity index (χ2v) is 5.74. The van der Waals surface area contributed by atoms with E-state index < -0.39 is 0 Å². The van der Waals surface area contributed by atoms with Crippen LogP contribution in [0.1, 0.15) is 35.3 Å². The van der Waals surface area contributed by atoms with E-state index in [-0.39, 0.29) is 5.91 Å². The Morgan fingerprint density at radius 2 is 1.77 bits per heavy atom. The van der Waals surface area contributed by atoms with Crippen LogP contribution in [0.25, 0.3) is 0 Å². The summed E-state index contributed by atoms with van der Waals surface area (Å²) in [4.78, 5) is 18.7. The molecule has 3 rings (SSSR count). The van der Waals surface area contributed by atoms with E-state index in [1.165, 1.54) is 24.9 Å². The molecule has 22 heavy (non-hydrogen) atoms. The van der Waals surface area contributed by atoms with E-state index in [1.54, 1.807) is 12.3 Å². The number of rotatable bonds is 3. The zero-order valence-electron chi connectivity index (χ0n) is 12.9. The SMILES string of the molecule is Cc1ccc(C(=O)Nc2ccc(N3CCCCC3)cc2)cn1. The van der Waals surface area contributed by atoms with Crippen molar-refractivity contribution in [3.63, 3.8) is 0 Å². The Labute approximate surface area is 131 Å². The molecule has 0 atom stereocenters. The molecule has 1 aromatic carbocycles. The van der Waals surface area contributed by atoms with Gasteiger partial charge in [0.15, 0.2) is 0 Å². The Kier molecular flexibility index (Phi) is 4.37. The molecular weight excluding hydrogens is 274 g/mol. The lowest BCUT2D eigenvalue weighted by atomic mass is 10.1. The van der Waals surface area contributed by atoms with Gasteiger partial charge in [0.2, 0.25) is 0 Å². The van der Waals surface area contributed by atoms with Gasteiger partial charge in [-0.1, -0.05) is 0 Å². The van der Waals surface area contributed by atoms with Crippen LogP contribution >= 0.6 is 0 Å². The number of anilines is 2. The highest BCUT2D eigenvalue weighted by Crippen LogP contribution is 2.22. The number of benzene rings is 1. The van der Waals surface area contributed by atoms with Gasteiger partial charge in [-0.2, -0.15) is 0 Å². The number of hydrogen-bond donors (Lipinski definition) is 1. The molecule has 0 saturated carbocycles. The first-order valence-electron chi connectivity index (χ1n) is 7.81. The van der Waals surface area contributed by atoms with E-state index in [0.717, 1.165) is 24.5 Å². The summed E-state index contributed by atoms with van der Waals surface area (Å²) in [5.74, 6) is -0.127. The molecule has 0 spiro atoms. The van der Waals surface area contributed by atoms with Gasteiger partial charge in [0, 0.05) is 36.4 Å². The Hall–Kier alpha value is -2.36. The van der Waals surface area contributed by atoms with Gasteiger partial charge in [-0.05, 0) is 62.6 Å². The molecule has 0 bridgehead atoms. The minimum atomic E-state index is -0.127. The molecule has 114 valence electrons. The van der Waals surface area contributed by atoms with E-state index >= 15 is 0 Å². The van der Waals surface area contributed by atoms with E-state index in [2.05, 4.69) is 27.3 Å². The third-order valence-corrected chi connectivity index (χ3v) is 4.02. The first-order valence-corrected chi connectivity index (χ1v) is 7.81. The molecule has 4 nitrogen and oxygen atoms in total. The number of carbonyl (C=O) groups is 1. The van der Waals surface area contributed by atoms with Crippen molar-refractivity contribution in [3.8, 4) is 0 Å². The maximum absolute atomic E-state index is 12.2. The molecule has 2 heterocycles. The van der Waals surface area contributed by atoms with Crippen LogP contribution in [0.5, 0.6) is 0 Å². The fourth-order valence-corrected chi connectivity index (χ4v) is 2.71. The van der Waals surface area contributed by atoms with Crippen molar-refractivity contribution in [2.24, 2.45) is 0 Å². The van der Waals surface area contributed by atoms with Crippen LogP contribution in [0, 0.1) is 6.92 Å². The zero-order chi connectivity index (χ0) is 15.4. The van der Waals surface area contributed by atoms with Crippen molar-refractivity contribution >= 4 is 17.3 Å². The number of amides is 1. The number of piperidine rings is 1. The van der Waals surface area contributed by atoms with Gasteiger partial charge < -0.3 is 10.2 Å². The predicted molar refractivity (Wildman–Crippen MR) is 89.4 cm³/mol. The average molecular weight is 295 g/mol. The topological polar surface area (TPSA) is 45.2 Å². The summed E-state index contributed by atoms with van der Waals surface area (Å²) in [6.45, 7) is 4.16. The van der Waals surface area contributed by atoms with Crippen LogP contribution in [-0.2, 0) is 0 Å². The minimum absolute atomic E-state index is 0.127. The van der Waals surface area contributed by atoms with Gasteiger partial charge in [-0.3, -0.25) is 9.78 Å². The summed E-state index contributed by atoms with van der Waals surface area (Å²) in [5, 5.41) is 2.91. The van der Waals surface area contributed by atoms with Crippen LogP contribution in [0.15, 0.2) is 42.6 Å². The van der Waals surface area contributed by atoms with Crippen LogP contribution < -0.4 is 10.2 Å². The maximum atomic E-state index is 12.2. The van der Waals surface area contributed by atoms with Crippen molar-refractivity contribution in [2.45, 2.75) is 26.2 Å². The standard InChI is InChI=1S/C18H21N3O/c1-14-5-6-15(13-19-14)18(22)20-16-7-9-17(10-8-16)21-11-3-2-4-12-21/h5-10,13H,2-4,11-12H2,1H3,(H,20,22). The molecule has 1 aliphatic rings. The normalized spacial score (nSPS) is 14.7. The van der Waals surface area contributed by atoms with Gasteiger partial charge in [-0.25, -0.2) is 0 Å². The molecule has 1 fully saturated rings. The van der Waals surface area contributed by atoms with Gasteiger partial charge in [-0.15, -0.1) is 0 Å². The molecule has 2 aromatic rings. The number of aryl methyl sites for hydroxylation is 1. The smallest absolute Gasteiger partial charge is 0.257 e. The van der Waals surface area contributed by atoms with E-state index in [1.807, 2.05) is 25.1 Å². The van der Waals surface area contributed by atoms with Crippen LogP contribution in [0.2, 0.25) is 0 Å². The number of pyridine rings is 1. The lowest BCUT2D eigenvalue weighted by Crippen LogP contribution is -2.29. The minimum Gasteiger partial charge on any atom is -0.372 e. The molecule has 4 heteroatoms. The first kappa shape index (κ1) is 14.6. The maximum Gasteiger partial charge on any atom is 0.257 e. The molecule has 0 radical (unpaired) electrons. The van der Waals surface area contributed by atoms with Gasteiger partial charge in [0.1, 0.15) is 0 Å². The van der Waals surface area contributed by atoms with Crippen molar-refractivity contribution in [1.29, 1.82) is 0 Å². The van der Waals surface area contributed by atoms with Crippen molar-refractivity contribution in [1.82, 2.24) is 4.98 Å². The molecule has 1 aliphatic heterocycles. The average Bonchev–Trinajstić information content (AvgIpc) is 2.57. The number of nitrogens with one attached hydrogen (secondary N) is 1. The van der Waals surface area contributed by atoms with Gasteiger partial charge in [0.05, 0.1) is 5.56 Å². The summed E-state index contributed by atoms with van der Waals surface area (Å²) in [6, 6.07) is 11.7. The highest BCUT2D eigenvalue weighted by Gasteiger charge is 2.11. The molecule has 0 aliphatic carbocycles. The first-order chi connectivity index (χ1) is 10.7. The van der Waals surface area contributed by atoms with Gasteiger partial charge >= 0.3 is 0 Å². The largest absolute Gasteiger partial charge is 0.372 e. The summed E-state index contributed by atoms with van der Waals surface area (Å²) in [7, 11) is 0. The van der Waals surface area contributed by atoms with Gasteiger partial charge in [0.25, 0.3) is 5.91 Å². The monoisotopic (exact) mass is 295 g/mol. The molecule has 1 saturated heterocycles. The number of carbonyl (C=O) groups excluding carboxylic acids is 1. The zero-order valence-corrected chi connectivity index (χ0v) is 12.9. The Morgan fingerprint density at radius 1 is 1.05 bits per heavy atom. The quantitative estimate of drug-likeness (QED) is 0.940. The third kappa shape index (κ3) is 3.45. The highest BCUT2D eigenvalue weighted by atomic mass is 16.1.